The number of rotatable bonds is 4. The molecule has 1 unspecified atom stereocenters. The number of aromatic hydroxyl groups is 1. The number of hydrogen-bond donors (Lipinski definition) is 2. The fourth-order valence-electron chi connectivity index (χ4n) is 2.32. The van der Waals surface area contributed by atoms with E-state index in [1.165, 1.54) is 0 Å². The molecule has 0 fully saturated rings. The predicted octanol–water partition coefficient (Wildman–Crippen LogP) is 5.23. The van der Waals surface area contributed by atoms with Crippen molar-refractivity contribution in [2.24, 2.45) is 0 Å². The summed E-state index contributed by atoms with van der Waals surface area (Å²) in [4.78, 5) is 0. The van der Waals surface area contributed by atoms with Crippen LogP contribution < -0.4 is 5.32 Å². The normalized spacial score (nSPS) is 12.2. The molecule has 0 radical (unpaired) electrons. The van der Waals surface area contributed by atoms with E-state index in [1.54, 1.807) is 0 Å². The molecular weight excluding hydrogens is 270 g/mol. The molecule has 0 saturated heterocycles. The Balaban J connectivity index is 2.29. The number of benzene rings is 2. The van der Waals surface area contributed by atoms with Gasteiger partial charge < -0.3 is 10.4 Å². The van der Waals surface area contributed by atoms with E-state index < -0.39 is 0 Å². The van der Waals surface area contributed by atoms with Crippen molar-refractivity contribution in [3.05, 3.63) is 58.1 Å². The minimum Gasteiger partial charge on any atom is -0.507 e. The Bertz CT molecular complexity index is 610. The van der Waals surface area contributed by atoms with Gasteiger partial charge in [0.2, 0.25) is 0 Å². The van der Waals surface area contributed by atoms with Gasteiger partial charge in [0.25, 0.3) is 0 Å². The minimum absolute atomic E-state index is 0.175. The summed E-state index contributed by atoms with van der Waals surface area (Å²) in [5, 5.41) is 14.3. The SMILES string of the molecule is CCC(Nc1ccc(C)c(O)c1C)c1cccc(Cl)c1. The standard InChI is InChI=1S/C17H20ClNO/c1-4-15(13-6-5-7-14(18)10-13)19-16-9-8-11(2)17(20)12(16)3/h5-10,15,19-20H,4H2,1-3H3. The monoisotopic (exact) mass is 289 g/mol. The van der Waals surface area contributed by atoms with Crippen LogP contribution in [0.2, 0.25) is 5.02 Å². The number of nitrogens with one attached hydrogen (secondary N) is 1. The third-order valence-electron chi connectivity index (χ3n) is 3.62. The summed E-state index contributed by atoms with van der Waals surface area (Å²) in [7, 11) is 0. The average molecular weight is 290 g/mol. The number of halogens is 1. The zero-order chi connectivity index (χ0) is 14.7. The molecule has 0 aliphatic rings. The molecule has 0 spiro atoms. The Hall–Kier alpha value is -1.67. The van der Waals surface area contributed by atoms with E-state index in [-0.39, 0.29) is 6.04 Å². The molecule has 0 heterocycles. The highest BCUT2D eigenvalue weighted by molar-refractivity contribution is 6.30. The molecule has 2 aromatic carbocycles. The van der Waals surface area contributed by atoms with Crippen molar-refractivity contribution in [1.29, 1.82) is 0 Å². The van der Waals surface area contributed by atoms with Crippen LogP contribution in [0.5, 0.6) is 5.75 Å². The molecular formula is C17H20ClNO. The number of phenols is 1. The van der Waals surface area contributed by atoms with Crippen LogP contribution in [-0.2, 0) is 0 Å². The molecule has 0 bridgehead atoms. The van der Waals surface area contributed by atoms with Gasteiger partial charge in [-0.05, 0) is 49.6 Å². The molecule has 2 nitrogen and oxygen atoms in total. The van der Waals surface area contributed by atoms with Crippen molar-refractivity contribution in [3.8, 4) is 5.75 Å². The summed E-state index contributed by atoms with van der Waals surface area (Å²) in [5.41, 5.74) is 3.88. The summed E-state index contributed by atoms with van der Waals surface area (Å²) >= 11 is 6.06. The van der Waals surface area contributed by atoms with Crippen molar-refractivity contribution in [2.45, 2.75) is 33.2 Å². The molecule has 3 heteroatoms. The predicted molar refractivity (Wildman–Crippen MR) is 85.7 cm³/mol. The van der Waals surface area contributed by atoms with E-state index >= 15 is 0 Å². The molecule has 2 aromatic rings. The summed E-state index contributed by atoms with van der Waals surface area (Å²) in [6.45, 7) is 5.96. The largest absolute Gasteiger partial charge is 0.507 e. The number of anilines is 1. The summed E-state index contributed by atoms with van der Waals surface area (Å²) in [5.74, 6) is 0.357. The molecule has 0 aliphatic heterocycles. The van der Waals surface area contributed by atoms with Gasteiger partial charge in [0.15, 0.2) is 0 Å². The van der Waals surface area contributed by atoms with Crippen LogP contribution in [0, 0.1) is 13.8 Å². The minimum atomic E-state index is 0.175. The Morgan fingerprint density at radius 3 is 2.60 bits per heavy atom. The zero-order valence-corrected chi connectivity index (χ0v) is 12.8. The van der Waals surface area contributed by atoms with Crippen LogP contribution in [0.25, 0.3) is 0 Å². The topological polar surface area (TPSA) is 32.3 Å². The highest BCUT2D eigenvalue weighted by Crippen LogP contribution is 2.32. The van der Waals surface area contributed by atoms with Gasteiger partial charge in [-0.15, -0.1) is 0 Å². The van der Waals surface area contributed by atoms with Crippen LogP contribution in [0.15, 0.2) is 36.4 Å². The van der Waals surface area contributed by atoms with Crippen LogP contribution in [0.1, 0.15) is 36.1 Å². The number of aryl methyl sites for hydroxylation is 1. The Morgan fingerprint density at radius 2 is 1.95 bits per heavy atom. The Morgan fingerprint density at radius 1 is 1.20 bits per heavy atom. The highest BCUT2D eigenvalue weighted by Gasteiger charge is 2.13. The van der Waals surface area contributed by atoms with Gasteiger partial charge in [0.1, 0.15) is 5.75 Å². The molecule has 0 saturated carbocycles. The van der Waals surface area contributed by atoms with Gasteiger partial charge in [0, 0.05) is 16.3 Å². The molecule has 0 aromatic heterocycles. The molecule has 20 heavy (non-hydrogen) atoms. The Labute approximate surface area is 125 Å². The van der Waals surface area contributed by atoms with Crippen LogP contribution >= 0.6 is 11.6 Å². The molecule has 0 amide bonds. The van der Waals surface area contributed by atoms with Gasteiger partial charge in [-0.1, -0.05) is 36.7 Å². The highest BCUT2D eigenvalue weighted by atomic mass is 35.5. The van der Waals surface area contributed by atoms with Crippen molar-refractivity contribution in [3.63, 3.8) is 0 Å². The van der Waals surface area contributed by atoms with Gasteiger partial charge in [0.05, 0.1) is 6.04 Å². The second-order valence-electron chi connectivity index (χ2n) is 5.06. The third kappa shape index (κ3) is 3.07. The van der Waals surface area contributed by atoms with Crippen LogP contribution in [0.3, 0.4) is 0 Å². The van der Waals surface area contributed by atoms with Crippen molar-refractivity contribution >= 4 is 17.3 Å². The maximum Gasteiger partial charge on any atom is 0.123 e. The van der Waals surface area contributed by atoms with E-state index in [1.807, 2.05) is 44.2 Å². The third-order valence-corrected chi connectivity index (χ3v) is 3.86. The fraction of sp³-hybridized carbons (Fsp3) is 0.294. The van der Waals surface area contributed by atoms with E-state index in [0.717, 1.165) is 33.8 Å². The molecule has 0 aliphatic carbocycles. The smallest absolute Gasteiger partial charge is 0.123 e. The van der Waals surface area contributed by atoms with E-state index in [2.05, 4.69) is 18.3 Å². The van der Waals surface area contributed by atoms with Crippen LogP contribution in [0.4, 0.5) is 5.69 Å². The number of hydrogen-bond acceptors (Lipinski definition) is 2. The van der Waals surface area contributed by atoms with Gasteiger partial charge in [-0.2, -0.15) is 0 Å². The first kappa shape index (κ1) is 14.7. The molecule has 2 N–H and O–H groups in total. The lowest BCUT2D eigenvalue weighted by atomic mass is 10.0. The first-order chi connectivity index (χ1) is 9.52. The van der Waals surface area contributed by atoms with Crippen molar-refractivity contribution in [1.82, 2.24) is 0 Å². The molecule has 1 atom stereocenters. The molecule has 106 valence electrons. The van der Waals surface area contributed by atoms with E-state index in [9.17, 15) is 5.11 Å². The second kappa shape index (κ2) is 6.19. The fourth-order valence-corrected chi connectivity index (χ4v) is 2.52. The Kier molecular flexibility index (Phi) is 4.56. The first-order valence-corrected chi connectivity index (χ1v) is 7.22. The van der Waals surface area contributed by atoms with Gasteiger partial charge >= 0.3 is 0 Å². The maximum atomic E-state index is 10.0. The van der Waals surface area contributed by atoms with E-state index in [4.69, 9.17) is 11.6 Å². The summed E-state index contributed by atoms with van der Waals surface area (Å²) < 4.78 is 0. The second-order valence-corrected chi connectivity index (χ2v) is 5.50. The van der Waals surface area contributed by atoms with Crippen LogP contribution in [-0.4, -0.2) is 5.11 Å². The van der Waals surface area contributed by atoms with Gasteiger partial charge in [-0.3, -0.25) is 0 Å². The summed E-state index contributed by atoms with van der Waals surface area (Å²) in [6, 6.07) is 12.0. The lowest BCUT2D eigenvalue weighted by Gasteiger charge is -2.21. The average Bonchev–Trinajstić information content (AvgIpc) is 2.44. The first-order valence-electron chi connectivity index (χ1n) is 6.84. The number of phenolic OH excluding ortho intramolecular Hbond substituents is 1. The van der Waals surface area contributed by atoms with Crippen molar-refractivity contribution in [2.75, 3.05) is 5.32 Å². The summed E-state index contributed by atoms with van der Waals surface area (Å²) in [6.07, 6.45) is 0.939. The zero-order valence-electron chi connectivity index (χ0n) is 12.1. The van der Waals surface area contributed by atoms with Crippen molar-refractivity contribution < 1.29 is 5.11 Å². The quantitative estimate of drug-likeness (QED) is 0.808. The molecule has 2 rings (SSSR count). The van der Waals surface area contributed by atoms with Gasteiger partial charge in [-0.25, -0.2) is 0 Å². The maximum absolute atomic E-state index is 10.0. The lowest BCUT2D eigenvalue weighted by Crippen LogP contribution is -2.10. The lowest BCUT2D eigenvalue weighted by molar-refractivity contribution is 0.467. The van der Waals surface area contributed by atoms with E-state index in [0.29, 0.717) is 5.75 Å².